The molecular weight excluding hydrogens is 398 g/mol. The minimum atomic E-state index is -0.259. The first kappa shape index (κ1) is 21.3. The standard InChI is InChI=1S/C23H23N3O3S/c1-15-4-10-21(29-3)19(12-15)9-11-22(28)26-23-25-20(14-30-23)18-7-5-17(6-8-18)13-24-16(2)27/h4-12,14H,13H2,1-3H3,(H,24,27)(H,25,26,28)/b11-9+. The lowest BCUT2D eigenvalue weighted by molar-refractivity contribution is -0.119. The van der Waals surface area contributed by atoms with Crippen molar-refractivity contribution in [1.29, 1.82) is 0 Å². The summed E-state index contributed by atoms with van der Waals surface area (Å²) in [5.41, 5.74) is 4.66. The highest BCUT2D eigenvalue weighted by Crippen LogP contribution is 2.25. The Labute approximate surface area is 179 Å². The van der Waals surface area contributed by atoms with E-state index in [2.05, 4.69) is 15.6 Å². The van der Waals surface area contributed by atoms with E-state index in [1.807, 2.05) is 54.8 Å². The van der Waals surface area contributed by atoms with Crippen molar-refractivity contribution in [1.82, 2.24) is 10.3 Å². The number of aryl methyl sites for hydroxylation is 1. The minimum absolute atomic E-state index is 0.0612. The molecule has 0 saturated carbocycles. The second kappa shape index (κ2) is 9.84. The fourth-order valence-electron chi connectivity index (χ4n) is 2.78. The van der Waals surface area contributed by atoms with Gasteiger partial charge in [-0.05, 0) is 30.7 Å². The molecule has 0 aliphatic carbocycles. The number of nitrogens with one attached hydrogen (secondary N) is 2. The van der Waals surface area contributed by atoms with Gasteiger partial charge in [-0.25, -0.2) is 4.98 Å². The molecule has 2 N–H and O–H groups in total. The highest BCUT2D eigenvalue weighted by Gasteiger charge is 2.07. The van der Waals surface area contributed by atoms with Gasteiger partial charge in [-0.15, -0.1) is 11.3 Å². The largest absolute Gasteiger partial charge is 0.496 e. The summed E-state index contributed by atoms with van der Waals surface area (Å²) < 4.78 is 5.32. The molecule has 7 heteroatoms. The van der Waals surface area contributed by atoms with Gasteiger partial charge in [-0.2, -0.15) is 0 Å². The van der Waals surface area contributed by atoms with Crippen LogP contribution in [0.15, 0.2) is 53.9 Å². The molecule has 0 aliphatic rings. The van der Waals surface area contributed by atoms with Gasteiger partial charge in [0.25, 0.3) is 0 Å². The van der Waals surface area contributed by atoms with Crippen LogP contribution in [0.5, 0.6) is 5.75 Å². The van der Waals surface area contributed by atoms with E-state index in [1.54, 1.807) is 13.2 Å². The van der Waals surface area contributed by atoms with Gasteiger partial charge in [-0.1, -0.05) is 35.9 Å². The molecule has 0 fully saturated rings. The third-order valence-electron chi connectivity index (χ3n) is 4.32. The average molecular weight is 422 g/mol. The third kappa shape index (κ3) is 5.78. The molecule has 0 radical (unpaired) electrons. The predicted octanol–water partition coefficient (Wildman–Crippen LogP) is 4.42. The van der Waals surface area contributed by atoms with E-state index < -0.39 is 0 Å². The Morgan fingerprint density at radius 2 is 1.93 bits per heavy atom. The molecule has 0 aliphatic heterocycles. The molecule has 0 atom stereocenters. The average Bonchev–Trinajstić information content (AvgIpc) is 3.19. The van der Waals surface area contributed by atoms with Crippen LogP contribution in [0.25, 0.3) is 17.3 Å². The summed E-state index contributed by atoms with van der Waals surface area (Å²) in [5, 5.41) is 7.98. The van der Waals surface area contributed by atoms with Crippen LogP contribution in [-0.4, -0.2) is 23.9 Å². The van der Waals surface area contributed by atoms with Crippen molar-refractivity contribution in [3.05, 3.63) is 70.6 Å². The van der Waals surface area contributed by atoms with Gasteiger partial charge in [-0.3, -0.25) is 14.9 Å². The minimum Gasteiger partial charge on any atom is -0.496 e. The fraction of sp³-hybridized carbons (Fsp3) is 0.174. The van der Waals surface area contributed by atoms with Crippen LogP contribution < -0.4 is 15.4 Å². The number of aromatic nitrogens is 1. The van der Waals surface area contributed by atoms with Crippen molar-refractivity contribution in [2.24, 2.45) is 0 Å². The van der Waals surface area contributed by atoms with Crippen molar-refractivity contribution in [2.45, 2.75) is 20.4 Å². The monoisotopic (exact) mass is 421 g/mol. The highest BCUT2D eigenvalue weighted by atomic mass is 32.1. The Balaban J connectivity index is 1.63. The lowest BCUT2D eigenvalue weighted by Gasteiger charge is -2.05. The molecule has 30 heavy (non-hydrogen) atoms. The number of thiazole rings is 1. The Morgan fingerprint density at radius 1 is 1.17 bits per heavy atom. The maximum absolute atomic E-state index is 12.3. The number of rotatable bonds is 7. The van der Waals surface area contributed by atoms with E-state index >= 15 is 0 Å². The number of nitrogens with zero attached hydrogens (tertiary/aromatic N) is 1. The molecule has 0 unspecified atom stereocenters. The number of hydrogen-bond donors (Lipinski definition) is 2. The summed E-state index contributed by atoms with van der Waals surface area (Å²) in [6, 6.07) is 13.6. The van der Waals surface area contributed by atoms with Crippen LogP contribution in [0.4, 0.5) is 5.13 Å². The van der Waals surface area contributed by atoms with E-state index in [-0.39, 0.29) is 11.8 Å². The van der Waals surface area contributed by atoms with Gasteiger partial charge in [0, 0.05) is 36.1 Å². The van der Waals surface area contributed by atoms with Crippen LogP contribution >= 0.6 is 11.3 Å². The molecule has 1 aromatic heterocycles. The number of ether oxygens (including phenoxy) is 1. The number of hydrogen-bond acceptors (Lipinski definition) is 5. The number of amides is 2. The van der Waals surface area contributed by atoms with Gasteiger partial charge in [0.15, 0.2) is 5.13 Å². The topological polar surface area (TPSA) is 80.3 Å². The van der Waals surface area contributed by atoms with Crippen molar-refractivity contribution < 1.29 is 14.3 Å². The van der Waals surface area contributed by atoms with Crippen molar-refractivity contribution >= 4 is 34.4 Å². The van der Waals surface area contributed by atoms with Crippen molar-refractivity contribution in [2.75, 3.05) is 12.4 Å². The summed E-state index contributed by atoms with van der Waals surface area (Å²) in [5.74, 6) is 0.391. The van der Waals surface area contributed by atoms with E-state index in [9.17, 15) is 9.59 Å². The Hall–Kier alpha value is -3.45. The molecule has 3 rings (SSSR count). The van der Waals surface area contributed by atoms with E-state index in [0.717, 1.165) is 27.9 Å². The molecule has 1 heterocycles. The second-order valence-electron chi connectivity index (χ2n) is 6.71. The van der Waals surface area contributed by atoms with Gasteiger partial charge in [0.1, 0.15) is 5.75 Å². The van der Waals surface area contributed by atoms with E-state index in [1.165, 1.54) is 24.3 Å². The van der Waals surface area contributed by atoms with Gasteiger partial charge in [0.2, 0.25) is 11.8 Å². The maximum atomic E-state index is 12.3. The second-order valence-corrected chi connectivity index (χ2v) is 7.57. The van der Waals surface area contributed by atoms with Crippen molar-refractivity contribution in [3.63, 3.8) is 0 Å². The number of carbonyl (C=O) groups excluding carboxylic acids is 2. The zero-order valence-electron chi connectivity index (χ0n) is 17.1. The smallest absolute Gasteiger partial charge is 0.250 e. The zero-order chi connectivity index (χ0) is 21.5. The Morgan fingerprint density at radius 3 is 2.63 bits per heavy atom. The number of methoxy groups -OCH3 is 1. The first-order valence-corrected chi connectivity index (χ1v) is 10.3. The summed E-state index contributed by atoms with van der Waals surface area (Å²) in [6.45, 7) is 3.97. The predicted molar refractivity (Wildman–Crippen MR) is 120 cm³/mol. The number of anilines is 1. The number of benzene rings is 2. The van der Waals surface area contributed by atoms with E-state index in [4.69, 9.17) is 4.74 Å². The van der Waals surface area contributed by atoms with Crippen LogP contribution in [-0.2, 0) is 16.1 Å². The fourth-order valence-corrected chi connectivity index (χ4v) is 3.50. The van der Waals surface area contributed by atoms with Gasteiger partial charge in [0.05, 0.1) is 12.8 Å². The van der Waals surface area contributed by atoms with Gasteiger partial charge < -0.3 is 10.1 Å². The molecular formula is C23H23N3O3S. The zero-order valence-corrected chi connectivity index (χ0v) is 17.9. The molecule has 0 saturated heterocycles. The maximum Gasteiger partial charge on any atom is 0.250 e. The third-order valence-corrected chi connectivity index (χ3v) is 5.08. The lowest BCUT2D eigenvalue weighted by atomic mass is 10.1. The summed E-state index contributed by atoms with van der Waals surface area (Å²) >= 11 is 1.36. The molecule has 2 amide bonds. The molecule has 0 spiro atoms. The van der Waals surface area contributed by atoms with Crippen LogP contribution in [0.3, 0.4) is 0 Å². The first-order chi connectivity index (χ1) is 14.4. The first-order valence-electron chi connectivity index (χ1n) is 9.37. The quantitative estimate of drug-likeness (QED) is 0.554. The Kier molecular flexibility index (Phi) is 6.98. The highest BCUT2D eigenvalue weighted by molar-refractivity contribution is 7.14. The van der Waals surface area contributed by atoms with Crippen LogP contribution in [0.2, 0.25) is 0 Å². The van der Waals surface area contributed by atoms with E-state index in [0.29, 0.717) is 17.4 Å². The summed E-state index contributed by atoms with van der Waals surface area (Å²) in [4.78, 5) is 27.8. The molecule has 6 nitrogen and oxygen atoms in total. The van der Waals surface area contributed by atoms with Crippen LogP contribution in [0, 0.1) is 6.92 Å². The summed E-state index contributed by atoms with van der Waals surface area (Å²) in [6.07, 6.45) is 3.19. The molecule has 0 bridgehead atoms. The Bertz CT molecular complexity index is 1070. The van der Waals surface area contributed by atoms with Crippen LogP contribution in [0.1, 0.15) is 23.6 Å². The van der Waals surface area contributed by atoms with Crippen molar-refractivity contribution in [3.8, 4) is 17.0 Å². The lowest BCUT2D eigenvalue weighted by Crippen LogP contribution is -2.18. The molecule has 154 valence electrons. The molecule has 3 aromatic rings. The number of carbonyl (C=O) groups is 2. The SMILES string of the molecule is COc1ccc(C)cc1/C=C/C(=O)Nc1nc(-c2ccc(CNC(C)=O)cc2)cs1. The normalized spacial score (nSPS) is 10.8. The summed E-state index contributed by atoms with van der Waals surface area (Å²) in [7, 11) is 1.60. The molecule has 2 aromatic carbocycles. The van der Waals surface area contributed by atoms with Gasteiger partial charge >= 0.3 is 0 Å².